The van der Waals surface area contributed by atoms with Crippen LogP contribution in [-0.2, 0) is 0 Å². The van der Waals surface area contributed by atoms with Gasteiger partial charge in [-0.2, -0.15) is 0 Å². The van der Waals surface area contributed by atoms with E-state index >= 15 is 0 Å². The van der Waals surface area contributed by atoms with Crippen LogP contribution in [0.15, 0.2) is 0 Å². The van der Waals surface area contributed by atoms with Crippen LogP contribution in [0.25, 0.3) is 0 Å². The second-order valence-electron chi connectivity index (χ2n) is 4.18. The van der Waals surface area contributed by atoms with Gasteiger partial charge in [-0.15, -0.1) is 0 Å². The first-order valence-corrected chi connectivity index (χ1v) is 32.5. The molecule has 0 unspecified atom stereocenters. The Balaban J connectivity index is 5.06. The van der Waals surface area contributed by atoms with Crippen molar-refractivity contribution in [3.8, 4) is 0 Å². The van der Waals surface area contributed by atoms with Gasteiger partial charge in [0.15, 0.2) is 0 Å². The summed E-state index contributed by atoms with van der Waals surface area (Å²) < 4.78 is -0.522. The molecule has 0 aromatic heterocycles. The first-order chi connectivity index (χ1) is 5.77. The van der Waals surface area contributed by atoms with Crippen molar-refractivity contribution >= 4 is 57.9 Å². The fourth-order valence-electron chi connectivity index (χ4n) is 2.40. The fourth-order valence-corrected chi connectivity index (χ4v) is 194. The summed E-state index contributed by atoms with van der Waals surface area (Å²) in [5, 5.41) is 0. The molecule has 0 amide bonds. The Morgan fingerprint density at radius 3 is 0.615 bits per heavy atom. The van der Waals surface area contributed by atoms with E-state index in [0.717, 1.165) is 0 Å². The molecule has 5 heteroatoms. The summed E-state index contributed by atoms with van der Waals surface area (Å²) in [6.45, 7) is 0. The maximum absolute atomic E-state index is 2.69. The summed E-state index contributed by atoms with van der Waals surface area (Å²) >= 11 is -1.32. The third-order valence-electron chi connectivity index (χ3n) is 2.40. The van der Waals surface area contributed by atoms with Crippen LogP contribution in [0.4, 0.5) is 0 Å². The molecule has 80 valence electrons. The minimum atomic E-state index is -0.522. The van der Waals surface area contributed by atoms with Crippen molar-refractivity contribution in [2.45, 2.75) is 45.7 Å². The molecule has 0 nitrogen and oxygen atoms in total. The second kappa shape index (κ2) is 6.25. The van der Waals surface area contributed by atoms with Gasteiger partial charge >= 0.3 is 104 Å². The van der Waals surface area contributed by atoms with Crippen LogP contribution in [0, 0.1) is 0 Å². The first-order valence-electron chi connectivity index (χ1n) is 4.47. The van der Waals surface area contributed by atoms with Crippen molar-refractivity contribution in [2.75, 3.05) is 0 Å². The normalized spacial score (nSPS) is 13.8. The molecular weight excluding hydrogens is 424 g/mol. The summed E-state index contributed by atoms with van der Waals surface area (Å²) in [5.41, 5.74) is 21.5. The van der Waals surface area contributed by atoms with Gasteiger partial charge in [-0.1, -0.05) is 0 Å². The molecule has 13 heavy (non-hydrogen) atoms. The maximum atomic E-state index is 2.69. The third kappa shape index (κ3) is 3.20. The molecule has 0 rings (SSSR count). The van der Waals surface area contributed by atoms with Crippen LogP contribution in [0.1, 0.15) is 0 Å². The molecule has 0 saturated heterocycles. The van der Waals surface area contributed by atoms with E-state index in [-0.39, 0.29) is 56.0 Å². The molecule has 0 aromatic carbocycles. The summed E-state index contributed by atoms with van der Waals surface area (Å²) in [5.74, 6) is 0. The van der Waals surface area contributed by atoms with Crippen molar-refractivity contribution in [3.63, 3.8) is 0 Å². The van der Waals surface area contributed by atoms with Gasteiger partial charge in [0.25, 0.3) is 0 Å². The average molecular weight is 448 g/mol. The SMILES string of the molecule is C[As](C)[Si]([As](C)C)([As](C)C)[As](C)C. The standard InChI is InChI=1S/C8H24As4Si/c1-9(2)13(10(3)4,11(5)6)12(7)8/h1-8H3. The van der Waals surface area contributed by atoms with Crippen molar-refractivity contribution in [1.82, 2.24) is 0 Å². The Bertz CT molecular complexity index is 119. The van der Waals surface area contributed by atoms with Crippen LogP contribution in [0.3, 0.4) is 0 Å². The van der Waals surface area contributed by atoms with Crippen molar-refractivity contribution < 1.29 is 0 Å². The quantitative estimate of drug-likeness (QED) is 0.581. The summed E-state index contributed by atoms with van der Waals surface area (Å²) in [6, 6.07) is 0. The van der Waals surface area contributed by atoms with Gasteiger partial charge in [-0.05, 0) is 0 Å². The number of hydrogen-bond donors (Lipinski definition) is 0. The third-order valence-corrected chi connectivity index (χ3v) is 194. The summed E-state index contributed by atoms with van der Waals surface area (Å²) in [7, 11) is 0. The zero-order valence-corrected chi connectivity index (χ0v) is 18.8. The van der Waals surface area contributed by atoms with Gasteiger partial charge in [-0.3, -0.25) is 0 Å². The first kappa shape index (κ1) is 15.5. The van der Waals surface area contributed by atoms with Gasteiger partial charge < -0.3 is 0 Å². The second-order valence-corrected chi connectivity index (χ2v) is 85.8. The van der Waals surface area contributed by atoms with E-state index in [0.29, 0.717) is 0 Å². The van der Waals surface area contributed by atoms with Gasteiger partial charge in [-0.25, -0.2) is 0 Å². The van der Waals surface area contributed by atoms with Gasteiger partial charge in [0.1, 0.15) is 0 Å². The average Bonchev–Trinajstić information content (AvgIpc) is 1.82. The van der Waals surface area contributed by atoms with Crippen molar-refractivity contribution in [3.05, 3.63) is 0 Å². The molecule has 0 N–H and O–H groups in total. The van der Waals surface area contributed by atoms with E-state index in [1.54, 1.807) is 0 Å². The zero-order chi connectivity index (χ0) is 10.8. The molecule has 0 aliphatic rings. The fraction of sp³-hybridized carbons (Fsp3) is 1.00. The van der Waals surface area contributed by atoms with E-state index in [1.807, 2.05) is 0 Å². The monoisotopic (exact) mass is 448 g/mol. The van der Waals surface area contributed by atoms with Crippen LogP contribution < -0.4 is 0 Å². The predicted octanol–water partition coefficient (Wildman–Crippen LogP) is 2.77. The van der Waals surface area contributed by atoms with Crippen LogP contribution >= 0.6 is 0 Å². The van der Waals surface area contributed by atoms with E-state index in [9.17, 15) is 0 Å². The van der Waals surface area contributed by atoms with E-state index in [4.69, 9.17) is 0 Å². The number of rotatable bonds is 4. The predicted molar refractivity (Wildman–Crippen MR) is 75.7 cm³/mol. The molecule has 0 heterocycles. The summed E-state index contributed by atoms with van der Waals surface area (Å²) in [6.07, 6.45) is 0. The molecule has 0 radical (unpaired) electrons. The van der Waals surface area contributed by atoms with Gasteiger partial charge in [0, 0.05) is 0 Å². The molecule has 0 aliphatic heterocycles. The minimum absolute atomic E-state index is 0.330. The van der Waals surface area contributed by atoms with Crippen molar-refractivity contribution in [1.29, 1.82) is 0 Å². The van der Waals surface area contributed by atoms with Crippen LogP contribution in [0.2, 0.25) is 45.7 Å². The molecule has 0 atom stereocenters. The Morgan fingerprint density at radius 2 is 0.615 bits per heavy atom. The molecule has 0 spiro atoms. The molecule has 0 saturated carbocycles. The molecule has 0 aromatic rings. The Morgan fingerprint density at radius 1 is 0.462 bits per heavy atom. The molecule has 0 aliphatic carbocycles. The van der Waals surface area contributed by atoms with Crippen LogP contribution in [0.5, 0.6) is 0 Å². The van der Waals surface area contributed by atoms with E-state index in [2.05, 4.69) is 45.7 Å². The topological polar surface area (TPSA) is 0 Å². The van der Waals surface area contributed by atoms with Crippen molar-refractivity contribution in [2.24, 2.45) is 0 Å². The van der Waals surface area contributed by atoms with Gasteiger partial charge in [0.05, 0.1) is 0 Å². The van der Waals surface area contributed by atoms with E-state index < -0.39 is 1.94 Å². The van der Waals surface area contributed by atoms with Gasteiger partial charge in [0.2, 0.25) is 0 Å². The Hall–Kier alpha value is 2.45. The molecular formula is C8H24As4Si. The molecule has 0 bridgehead atoms. The summed E-state index contributed by atoms with van der Waals surface area (Å²) in [4.78, 5) is 0. The Kier molecular flexibility index (Phi) is 7.43. The zero-order valence-electron chi connectivity index (χ0n) is 10.3. The molecule has 0 fully saturated rings. The number of hydrogen-bond acceptors (Lipinski definition) is 0. The Labute approximate surface area is 102 Å². The van der Waals surface area contributed by atoms with E-state index in [1.165, 1.54) is 0 Å². The van der Waals surface area contributed by atoms with Crippen LogP contribution in [-0.4, -0.2) is 57.9 Å².